The number of nitriles is 2. The third-order valence-corrected chi connectivity index (χ3v) is 7.10. The molecule has 3 N–H and O–H groups in total. The van der Waals surface area contributed by atoms with Gasteiger partial charge in [0.1, 0.15) is 21.8 Å². The van der Waals surface area contributed by atoms with E-state index in [1.54, 1.807) is 37.3 Å². The molecular weight excluding hydrogens is 514 g/mol. The quantitative estimate of drug-likeness (QED) is 0.366. The molecule has 0 saturated carbocycles. The molecule has 3 aromatic rings. The van der Waals surface area contributed by atoms with Crippen LogP contribution in [0.15, 0.2) is 59.5 Å². The summed E-state index contributed by atoms with van der Waals surface area (Å²) in [6, 6.07) is 18.8. The molecule has 1 aromatic heterocycles. The number of benzene rings is 2. The zero-order chi connectivity index (χ0) is 27.8. The first-order valence-electron chi connectivity index (χ1n) is 12.2. The maximum atomic E-state index is 12.8. The van der Waals surface area contributed by atoms with Gasteiger partial charge in [-0.3, -0.25) is 19.0 Å². The molecule has 0 aliphatic carbocycles. The van der Waals surface area contributed by atoms with Crippen LogP contribution in [0.25, 0.3) is 11.3 Å². The van der Waals surface area contributed by atoms with Gasteiger partial charge < -0.3 is 20.9 Å². The van der Waals surface area contributed by atoms with E-state index >= 15 is 0 Å². The predicted molar refractivity (Wildman–Crippen MR) is 150 cm³/mol. The van der Waals surface area contributed by atoms with E-state index in [2.05, 4.69) is 32.6 Å². The molecule has 1 aliphatic heterocycles. The van der Waals surface area contributed by atoms with Crippen LogP contribution in [0.4, 0.5) is 17.1 Å². The molecule has 196 valence electrons. The average molecular weight is 540 g/mol. The van der Waals surface area contributed by atoms with Crippen molar-refractivity contribution in [2.45, 2.75) is 19.9 Å². The lowest BCUT2D eigenvalue weighted by Gasteiger charge is -2.18. The maximum Gasteiger partial charge on any atom is 0.277 e. The third kappa shape index (κ3) is 6.25. The number of anilines is 3. The van der Waals surface area contributed by atoms with Gasteiger partial charge in [0.2, 0.25) is 5.91 Å². The molecule has 2 heterocycles. The first-order valence-corrected chi connectivity index (χ1v) is 13.0. The minimum absolute atomic E-state index is 0.124. The van der Waals surface area contributed by atoms with Crippen molar-refractivity contribution in [3.63, 3.8) is 0 Å². The number of carbonyl (C=O) groups is 2. The van der Waals surface area contributed by atoms with Crippen LogP contribution < -0.4 is 35.6 Å². The zero-order valence-corrected chi connectivity index (χ0v) is 22.0. The monoisotopic (exact) mass is 539 g/mol. The van der Waals surface area contributed by atoms with E-state index < -0.39 is 5.91 Å². The summed E-state index contributed by atoms with van der Waals surface area (Å²) in [6.45, 7) is 2.79. The van der Waals surface area contributed by atoms with Crippen LogP contribution in [0.3, 0.4) is 0 Å². The normalized spacial score (nSPS) is 12.3. The Kier molecular flexibility index (Phi) is 8.60. The number of rotatable bonds is 8. The number of para-hydroxylation sites is 1. The molecule has 2 amide bonds. The Morgan fingerprint density at radius 3 is 2.69 bits per heavy atom. The molecule has 4 rings (SSSR count). The molecule has 1 aliphatic rings. The van der Waals surface area contributed by atoms with Crippen molar-refractivity contribution in [3.05, 3.63) is 79.8 Å². The molecule has 10 nitrogen and oxygen atoms in total. The molecule has 11 heteroatoms. The van der Waals surface area contributed by atoms with E-state index in [9.17, 15) is 19.6 Å². The van der Waals surface area contributed by atoms with Gasteiger partial charge in [-0.1, -0.05) is 30.0 Å². The number of hydrogen-bond acceptors (Lipinski definition) is 8. The van der Waals surface area contributed by atoms with Gasteiger partial charge in [0.05, 0.1) is 12.6 Å². The smallest absolute Gasteiger partial charge is 0.277 e. The number of hydrogen-bond donors (Lipinski definition) is 3. The fourth-order valence-electron chi connectivity index (χ4n) is 4.19. The summed E-state index contributed by atoms with van der Waals surface area (Å²) >= 11 is 0.965. The number of aromatic nitrogens is 1. The first-order chi connectivity index (χ1) is 18.9. The molecule has 0 fully saturated rings. The Labute approximate surface area is 228 Å². The lowest BCUT2D eigenvalue weighted by Crippen LogP contribution is -2.34. The minimum atomic E-state index is -0.719. The Morgan fingerprint density at radius 1 is 1.13 bits per heavy atom. The number of fused-ring (bicyclic) bond motifs is 1. The van der Waals surface area contributed by atoms with E-state index in [0.717, 1.165) is 30.0 Å². The van der Waals surface area contributed by atoms with Gasteiger partial charge >= 0.3 is 0 Å². The average Bonchev–Trinajstić information content (AvgIpc) is 3.48. The van der Waals surface area contributed by atoms with Crippen LogP contribution in [-0.4, -0.2) is 36.0 Å². The van der Waals surface area contributed by atoms with Crippen LogP contribution in [0, 0.1) is 22.7 Å². The SMILES string of the molecule is CCn1c(=O)c(=C=CNc2cccc(NC(=O)CN3CCc4ccccc43)c2)s/c1=C(/C#N)C(=O)NCC#N. The van der Waals surface area contributed by atoms with Gasteiger partial charge in [0, 0.05) is 36.4 Å². The van der Waals surface area contributed by atoms with E-state index in [1.165, 1.54) is 16.3 Å². The maximum absolute atomic E-state index is 12.8. The molecule has 0 spiro atoms. The second-order valence-corrected chi connectivity index (χ2v) is 9.47. The number of carbonyl (C=O) groups excluding carboxylic acids is 2. The molecule has 0 saturated heterocycles. The van der Waals surface area contributed by atoms with Crippen LogP contribution >= 0.6 is 11.3 Å². The highest BCUT2D eigenvalue weighted by molar-refractivity contribution is 7.07. The van der Waals surface area contributed by atoms with Gasteiger partial charge in [-0.15, -0.1) is 11.3 Å². The molecule has 0 radical (unpaired) electrons. The van der Waals surface area contributed by atoms with Gasteiger partial charge in [-0.2, -0.15) is 10.5 Å². The number of amides is 2. The summed E-state index contributed by atoms with van der Waals surface area (Å²) in [4.78, 5) is 39.8. The molecule has 0 bridgehead atoms. The van der Waals surface area contributed by atoms with Crippen molar-refractivity contribution in [2.24, 2.45) is 0 Å². The number of nitrogens with one attached hydrogen (secondary N) is 3. The fraction of sp³-hybridized carbons (Fsp3) is 0.214. The second-order valence-electron chi connectivity index (χ2n) is 8.48. The Bertz CT molecular complexity index is 1720. The van der Waals surface area contributed by atoms with Crippen molar-refractivity contribution in [3.8, 4) is 12.1 Å². The standard InChI is InChI=1S/C28H25N7O3S/c1-2-35-27(38)24(39-28(35)22(17-30)26(37)32-14-12-29)10-13-31-20-7-5-8-21(16-20)33-25(36)18-34-15-11-19-6-3-4-9-23(19)34/h3-9,13,16,31H,2,11,14-15,18H2,1H3,(H,32,37)(H,33,36)/b28-22-. The highest BCUT2D eigenvalue weighted by Gasteiger charge is 2.20. The van der Waals surface area contributed by atoms with Crippen LogP contribution in [0.2, 0.25) is 0 Å². The van der Waals surface area contributed by atoms with Gasteiger partial charge in [0.15, 0.2) is 5.57 Å². The topological polar surface area (TPSA) is 143 Å². The van der Waals surface area contributed by atoms with Gasteiger partial charge in [0.25, 0.3) is 11.5 Å². The Hall–Kier alpha value is -5.09. The zero-order valence-electron chi connectivity index (χ0n) is 21.2. The van der Waals surface area contributed by atoms with Gasteiger partial charge in [-0.25, -0.2) is 0 Å². The van der Waals surface area contributed by atoms with Crippen molar-refractivity contribution in [1.82, 2.24) is 9.88 Å². The summed E-state index contributed by atoms with van der Waals surface area (Å²) in [6.07, 6.45) is 2.38. The van der Waals surface area contributed by atoms with Crippen LogP contribution in [0.1, 0.15) is 12.5 Å². The number of nitrogens with zero attached hydrogens (tertiary/aromatic N) is 4. The lowest BCUT2D eigenvalue weighted by molar-refractivity contribution is -0.116. The van der Waals surface area contributed by atoms with Crippen molar-refractivity contribution < 1.29 is 9.59 Å². The van der Waals surface area contributed by atoms with E-state index in [-0.39, 0.29) is 45.9 Å². The van der Waals surface area contributed by atoms with Crippen molar-refractivity contribution in [2.75, 3.05) is 35.2 Å². The Balaban J connectivity index is 1.50. The van der Waals surface area contributed by atoms with Crippen molar-refractivity contribution in [1.29, 1.82) is 10.5 Å². The molecule has 2 aromatic carbocycles. The summed E-state index contributed by atoms with van der Waals surface area (Å²) < 4.78 is 1.72. The lowest BCUT2D eigenvalue weighted by atomic mass is 10.2. The summed E-state index contributed by atoms with van der Waals surface area (Å²) in [5.74, 6) is -0.843. The third-order valence-electron chi connectivity index (χ3n) is 5.99. The van der Waals surface area contributed by atoms with Crippen molar-refractivity contribution >= 4 is 51.5 Å². The highest BCUT2D eigenvalue weighted by atomic mass is 32.1. The minimum Gasteiger partial charge on any atom is -0.362 e. The Morgan fingerprint density at radius 2 is 1.92 bits per heavy atom. The first kappa shape index (κ1) is 27.0. The largest absolute Gasteiger partial charge is 0.362 e. The van der Waals surface area contributed by atoms with Crippen LogP contribution in [-0.2, 0) is 22.6 Å². The molecule has 0 unspecified atom stereocenters. The predicted octanol–water partition coefficient (Wildman–Crippen LogP) is 1.25. The molecular formula is C28H25N7O3S. The number of thiazole rings is 1. The molecule has 0 atom stereocenters. The summed E-state index contributed by atoms with van der Waals surface area (Å²) in [5.41, 5.74) is 5.87. The summed E-state index contributed by atoms with van der Waals surface area (Å²) in [5, 5.41) is 26.5. The summed E-state index contributed by atoms with van der Waals surface area (Å²) in [7, 11) is 0. The van der Waals surface area contributed by atoms with E-state index in [1.807, 2.05) is 24.3 Å². The van der Waals surface area contributed by atoms with Crippen LogP contribution in [0.5, 0.6) is 0 Å². The fourth-order valence-corrected chi connectivity index (χ4v) is 5.27. The van der Waals surface area contributed by atoms with E-state index in [4.69, 9.17) is 5.26 Å². The molecule has 39 heavy (non-hydrogen) atoms. The van der Waals surface area contributed by atoms with Gasteiger partial charge in [-0.05, 0) is 43.2 Å². The van der Waals surface area contributed by atoms with E-state index in [0.29, 0.717) is 11.4 Å². The second kappa shape index (κ2) is 12.4. The highest BCUT2D eigenvalue weighted by Crippen LogP contribution is 2.27.